The van der Waals surface area contributed by atoms with Gasteiger partial charge >= 0.3 is 5.97 Å². The molecule has 3 unspecified atom stereocenters. The second-order valence-corrected chi connectivity index (χ2v) is 9.01. The lowest BCUT2D eigenvalue weighted by molar-refractivity contribution is -0.147. The van der Waals surface area contributed by atoms with Crippen LogP contribution in [0.25, 0.3) is 5.70 Å². The van der Waals surface area contributed by atoms with Gasteiger partial charge in [-0.15, -0.1) is 0 Å². The van der Waals surface area contributed by atoms with Gasteiger partial charge in [0.05, 0.1) is 23.2 Å². The fourth-order valence-electron chi connectivity index (χ4n) is 3.88. The normalized spacial score (nSPS) is 19.5. The maximum absolute atomic E-state index is 12.1. The molecule has 32 heavy (non-hydrogen) atoms. The van der Waals surface area contributed by atoms with Crippen molar-refractivity contribution in [2.75, 3.05) is 6.61 Å². The number of hydrogen-bond acceptors (Lipinski definition) is 5. The molecule has 1 saturated heterocycles. The summed E-state index contributed by atoms with van der Waals surface area (Å²) in [6.07, 6.45) is 13.4. The molecule has 2 rings (SSSR count). The van der Waals surface area contributed by atoms with Crippen LogP contribution in [0.1, 0.15) is 109 Å². The molecule has 0 aliphatic carbocycles. The number of aromatic nitrogens is 1. The molecule has 6 heteroatoms. The Hall–Kier alpha value is -2.08. The van der Waals surface area contributed by atoms with Gasteiger partial charge in [0, 0.05) is 12.6 Å². The Labute approximate surface area is 194 Å². The van der Waals surface area contributed by atoms with Gasteiger partial charge in [0.1, 0.15) is 12.7 Å². The quantitative estimate of drug-likeness (QED) is 0.198. The smallest absolute Gasteiger partial charge is 0.305 e. The molecular formula is C26H43N3O3. The third-order valence-electron chi connectivity index (χ3n) is 6.15. The molecule has 3 atom stereocenters. The zero-order valence-electron chi connectivity index (χ0n) is 20.4. The Kier molecular flexibility index (Phi) is 11.6. The molecule has 0 spiro atoms. The Bertz CT molecular complexity index is 741. The summed E-state index contributed by atoms with van der Waals surface area (Å²) in [6.45, 7) is 10.7. The summed E-state index contributed by atoms with van der Waals surface area (Å²) in [6, 6.07) is 3.94. The highest BCUT2D eigenvalue weighted by atomic mass is 16.6. The van der Waals surface area contributed by atoms with Crippen LogP contribution in [-0.4, -0.2) is 29.6 Å². The predicted octanol–water partition coefficient (Wildman–Crippen LogP) is 6.20. The van der Waals surface area contributed by atoms with Crippen molar-refractivity contribution < 1.29 is 14.3 Å². The van der Waals surface area contributed by atoms with Gasteiger partial charge in [-0.2, -0.15) is 5.10 Å². The zero-order valence-corrected chi connectivity index (χ0v) is 20.4. The first-order chi connectivity index (χ1) is 15.5. The zero-order chi connectivity index (χ0) is 23.3. The van der Waals surface area contributed by atoms with Crippen LogP contribution >= 0.6 is 0 Å². The Morgan fingerprint density at radius 3 is 2.66 bits per heavy atom. The van der Waals surface area contributed by atoms with Crippen LogP contribution in [0.5, 0.6) is 0 Å². The van der Waals surface area contributed by atoms with Crippen molar-refractivity contribution >= 4 is 17.9 Å². The van der Waals surface area contributed by atoms with E-state index in [4.69, 9.17) is 15.2 Å². The van der Waals surface area contributed by atoms with E-state index in [0.717, 1.165) is 43.5 Å². The average molecular weight is 446 g/mol. The number of ether oxygens (including phenoxy) is 2. The third kappa shape index (κ3) is 8.45. The number of carbonyl (C=O) groups is 1. The summed E-state index contributed by atoms with van der Waals surface area (Å²) in [7, 11) is 0. The van der Waals surface area contributed by atoms with Gasteiger partial charge in [-0.25, -0.2) is 4.68 Å². The van der Waals surface area contributed by atoms with E-state index in [0.29, 0.717) is 24.6 Å². The van der Waals surface area contributed by atoms with Crippen molar-refractivity contribution in [2.24, 2.45) is 16.8 Å². The summed E-state index contributed by atoms with van der Waals surface area (Å²) < 4.78 is 13.5. The van der Waals surface area contributed by atoms with Gasteiger partial charge < -0.3 is 15.2 Å². The first kappa shape index (κ1) is 26.2. The minimum atomic E-state index is -0.117. The van der Waals surface area contributed by atoms with Gasteiger partial charge in [0.25, 0.3) is 0 Å². The number of nitrogens with two attached hydrogens (primary N) is 1. The summed E-state index contributed by atoms with van der Waals surface area (Å²) in [5.41, 5.74) is 8.19. The van der Waals surface area contributed by atoms with Crippen LogP contribution in [0.4, 0.5) is 0 Å². The molecule has 2 N–H and O–H groups in total. The molecule has 0 radical (unpaired) electrons. The van der Waals surface area contributed by atoms with Gasteiger partial charge in [-0.1, -0.05) is 65.9 Å². The van der Waals surface area contributed by atoms with Crippen LogP contribution in [0.3, 0.4) is 0 Å². The minimum Gasteiger partial charge on any atom is -0.463 e. The second kappa shape index (κ2) is 14.1. The van der Waals surface area contributed by atoms with Crippen LogP contribution in [0, 0.1) is 5.92 Å². The van der Waals surface area contributed by atoms with E-state index < -0.39 is 0 Å². The highest BCUT2D eigenvalue weighted by Gasteiger charge is 2.30. The van der Waals surface area contributed by atoms with Gasteiger partial charge in [0.2, 0.25) is 0 Å². The van der Waals surface area contributed by atoms with E-state index in [2.05, 4.69) is 32.5 Å². The van der Waals surface area contributed by atoms with E-state index in [1.54, 1.807) is 0 Å². The lowest BCUT2D eigenvalue weighted by atomic mass is 10.1. The fraction of sp³-hybridized carbons (Fsp3) is 0.692. The van der Waals surface area contributed by atoms with Crippen molar-refractivity contribution in [3.63, 3.8) is 0 Å². The van der Waals surface area contributed by atoms with Crippen molar-refractivity contribution in [3.05, 3.63) is 30.1 Å². The largest absolute Gasteiger partial charge is 0.463 e. The Morgan fingerprint density at radius 1 is 1.25 bits per heavy atom. The number of carbonyl (C=O) groups excluding carboxylic acids is 1. The molecule has 2 heterocycles. The van der Waals surface area contributed by atoms with Crippen molar-refractivity contribution in [3.8, 4) is 0 Å². The average Bonchev–Trinajstić information content (AvgIpc) is 3.42. The molecule has 1 aliphatic rings. The summed E-state index contributed by atoms with van der Waals surface area (Å²) in [5.74, 6) is 0.256. The number of nitrogens with zero attached hydrogens (tertiary/aromatic N) is 2. The van der Waals surface area contributed by atoms with Crippen LogP contribution < -0.4 is 5.73 Å². The monoisotopic (exact) mass is 445 g/mol. The van der Waals surface area contributed by atoms with Crippen molar-refractivity contribution in [1.82, 2.24) is 4.68 Å². The minimum absolute atomic E-state index is 0.0792. The molecule has 1 fully saturated rings. The summed E-state index contributed by atoms with van der Waals surface area (Å²) >= 11 is 0. The standard InChI is InChI=1S/C26H43N3O3/c1-5-7-8-9-10-11-12-13-26(30)31-19-22-14-17-25(32-22)24-16-15-23(21(4)27)29(24)28-18-20(3)6-2/h15-16,18,20,22,25H,4-14,17,19,27H2,1-3H3/b28-18-. The molecule has 1 aromatic heterocycles. The number of unbranched alkanes of at least 4 members (excludes halogenated alkanes) is 6. The predicted molar refractivity (Wildman–Crippen MR) is 131 cm³/mol. The maximum Gasteiger partial charge on any atom is 0.305 e. The maximum atomic E-state index is 12.1. The van der Waals surface area contributed by atoms with E-state index in [1.807, 2.05) is 23.0 Å². The lowest BCUT2D eigenvalue weighted by Crippen LogP contribution is -2.18. The summed E-state index contributed by atoms with van der Waals surface area (Å²) in [5, 5.41) is 4.65. The fourth-order valence-corrected chi connectivity index (χ4v) is 3.88. The van der Waals surface area contributed by atoms with Gasteiger partial charge in [-0.3, -0.25) is 4.79 Å². The third-order valence-corrected chi connectivity index (χ3v) is 6.15. The Morgan fingerprint density at radius 2 is 1.97 bits per heavy atom. The topological polar surface area (TPSA) is 78.8 Å². The molecule has 6 nitrogen and oxygen atoms in total. The molecule has 180 valence electrons. The highest BCUT2D eigenvalue weighted by Crippen LogP contribution is 2.34. The molecule has 1 aliphatic heterocycles. The molecule has 0 aromatic carbocycles. The van der Waals surface area contributed by atoms with E-state index in [1.165, 1.54) is 32.1 Å². The second-order valence-electron chi connectivity index (χ2n) is 9.01. The molecule has 0 bridgehead atoms. The molecule has 1 aromatic rings. The van der Waals surface area contributed by atoms with Gasteiger partial charge in [-0.05, 0) is 43.7 Å². The molecule has 0 amide bonds. The molecule has 0 saturated carbocycles. The van der Waals surface area contributed by atoms with E-state index in [9.17, 15) is 4.79 Å². The van der Waals surface area contributed by atoms with Crippen molar-refractivity contribution in [2.45, 2.75) is 104 Å². The van der Waals surface area contributed by atoms with Crippen LogP contribution in [0.2, 0.25) is 0 Å². The van der Waals surface area contributed by atoms with E-state index in [-0.39, 0.29) is 18.2 Å². The first-order valence-corrected chi connectivity index (χ1v) is 12.5. The van der Waals surface area contributed by atoms with Gasteiger partial charge in [0.15, 0.2) is 0 Å². The number of rotatable bonds is 15. The van der Waals surface area contributed by atoms with Crippen LogP contribution in [-0.2, 0) is 14.3 Å². The molecular weight excluding hydrogens is 402 g/mol. The van der Waals surface area contributed by atoms with Crippen LogP contribution in [0.15, 0.2) is 23.8 Å². The SMILES string of the molecule is C=C(N)c1ccc(C2CCC(COC(=O)CCCCCCCCC)O2)n1/N=C\C(C)CC. The lowest BCUT2D eigenvalue weighted by Gasteiger charge is -2.16. The Balaban J connectivity index is 1.79. The highest BCUT2D eigenvalue weighted by molar-refractivity contribution is 5.69. The number of hydrogen-bond donors (Lipinski definition) is 1. The van der Waals surface area contributed by atoms with E-state index >= 15 is 0 Å². The first-order valence-electron chi connectivity index (χ1n) is 12.5. The number of esters is 1. The summed E-state index contributed by atoms with van der Waals surface area (Å²) in [4.78, 5) is 12.1. The van der Waals surface area contributed by atoms with Crippen molar-refractivity contribution in [1.29, 1.82) is 0 Å².